The van der Waals surface area contributed by atoms with E-state index in [0.717, 1.165) is 22.9 Å². The van der Waals surface area contributed by atoms with Crippen LogP contribution in [0.1, 0.15) is 36.0 Å². The number of hydrogen-bond donors (Lipinski definition) is 0. The maximum Gasteiger partial charge on any atom is 0.255 e. The van der Waals surface area contributed by atoms with Crippen LogP contribution in [0.4, 0.5) is 0 Å². The van der Waals surface area contributed by atoms with E-state index in [2.05, 4.69) is 20.9 Å². The molecule has 2 bridgehead atoms. The number of carbonyl (C=O) groups is 1. The Hall–Kier alpha value is -0.900. The van der Waals surface area contributed by atoms with Gasteiger partial charge in [0.1, 0.15) is 0 Å². The summed E-state index contributed by atoms with van der Waals surface area (Å²) in [6.45, 7) is 0.895. The van der Waals surface area contributed by atoms with Crippen molar-refractivity contribution in [2.24, 2.45) is 17.8 Å². The van der Waals surface area contributed by atoms with Gasteiger partial charge in [0.25, 0.3) is 5.91 Å². The van der Waals surface area contributed by atoms with Crippen molar-refractivity contribution < 1.29 is 4.79 Å². The third kappa shape index (κ3) is 2.69. The van der Waals surface area contributed by atoms with Crippen LogP contribution in [0.25, 0.3) is 0 Å². The van der Waals surface area contributed by atoms with Crippen LogP contribution >= 0.6 is 15.9 Å². The minimum absolute atomic E-state index is 0.0802. The number of carbonyl (C=O) groups excluding carboxylic acids is 1. The van der Waals surface area contributed by atoms with Gasteiger partial charge in [-0.3, -0.25) is 9.78 Å². The van der Waals surface area contributed by atoms with Crippen LogP contribution in [0.15, 0.2) is 22.9 Å². The minimum Gasteiger partial charge on any atom is -0.341 e. The van der Waals surface area contributed by atoms with Crippen LogP contribution in [-0.4, -0.2) is 29.4 Å². The molecular formula is C15H19BrN2O. The molecule has 2 aliphatic carbocycles. The number of rotatable bonds is 3. The van der Waals surface area contributed by atoms with E-state index in [4.69, 9.17) is 0 Å². The van der Waals surface area contributed by atoms with Gasteiger partial charge in [-0.05, 0) is 59.0 Å². The molecule has 3 unspecified atom stereocenters. The van der Waals surface area contributed by atoms with Gasteiger partial charge in [-0.2, -0.15) is 0 Å². The first-order valence-electron chi connectivity index (χ1n) is 6.99. The summed E-state index contributed by atoms with van der Waals surface area (Å²) in [5, 5.41) is 0. The van der Waals surface area contributed by atoms with Gasteiger partial charge in [-0.1, -0.05) is 6.42 Å². The van der Waals surface area contributed by atoms with Crippen molar-refractivity contribution in [3.63, 3.8) is 0 Å². The van der Waals surface area contributed by atoms with E-state index in [0.29, 0.717) is 11.5 Å². The summed E-state index contributed by atoms with van der Waals surface area (Å²) in [7, 11) is 1.91. The fourth-order valence-corrected chi connectivity index (χ4v) is 4.15. The second-order valence-corrected chi connectivity index (χ2v) is 6.93. The first-order valence-corrected chi connectivity index (χ1v) is 7.79. The Morgan fingerprint density at radius 3 is 2.89 bits per heavy atom. The Labute approximate surface area is 122 Å². The van der Waals surface area contributed by atoms with Gasteiger partial charge >= 0.3 is 0 Å². The summed E-state index contributed by atoms with van der Waals surface area (Å²) in [6, 6.07) is 1.84. The summed E-state index contributed by atoms with van der Waals surface area (Å²) in [4.78, 5) is 18.3. The zero-order valence-corrected chi connectivity index (χ0v) is 12.8. The standard InChI is InChI=1S/C15H19BrN2O/c1-18(9-13-5-10-2-3-11(13)4-10)15(19)12-6-14(16)8-17-7-12/h6-8,10-11,13H,2-5,9H2,1H3. The number of hydrogen-bond acceptors (Lipinski definition) is 2. The molecule has 2 fully saturated rings. The second-order valence-electron chi connectivity index (χ2n) is 6.01. The number of nitrogens with zero attached hydrogens (tertiary/aromatic N) is 2. The van der Waals surface area contributed by atoms with Gasteiger partial charge in [0.15, 0.2) is 0 Å². The van der Waals surface area contributed by atoms with Crippen molar-refractivity contribution in [1.29, 1.82) is 0 Å². The van der Waals surface area contributed by atoms with Crippen LogP contribution < -0.4 is 0 Å². The van der Waals surface area contributed by atoms with E-state index < -0.39 is 0 Å². The lowest BCUT2D eigenvalue weighted by molar-refractivity contribution is 0.0754. The van der Waals surface area contributed by atoms with Crippen molar-refractivity contribution >= 4 is 21.8 Å². The highest BCUT2D eigenvalue weighted by molar-refractivity contribution is 9.10. The molecule has 3 atom stereocenters. The van der Waals surface area contributed by atoms with Gasteiger partial charge in [-0.25, -0.2) is 0 Å². The molecule has 0 N–H and O–H groups in total. The highest BCUT2D eigenvalue weighted by Crippen LogP contribution is 2.48. The smallest absolute Gasteiger partial charge is 0.255 e. The number of amides is 1. The lowest BCUT2D eigenvalue weighted by Crippen LogP contribution is -2.33. The van der Waals surface area contributed by atoms with E-state index in [1.807, 2.05) is 18.0 Å². The topological polar surface area (TPSA) is 33.2 Å². The third-order valence-electron chi connectivity index (χ3n) is 4.69. The van der Waals surface area contributed by atoms with Crippen LogP contribution in [0.5, 0.6) is 0 Å². The van der Waals surface area contributed by atoms with Gasteiger partial charge < -0.3 is 4.90 Å². The molecule has 1 aromatic heterocycles. The van der Waals surface area contributed by atoms with Crippen molar-refractivity contribution in [1.82, 2.24) is 9.88 Å². The predicted octanol–water partition coefficient (Wildman–Crippen LogP) is 3.35. The van der Waals surface area contributed by atoms with E-state index >= 15 is 0 Å². The zero-order valence-electron chi connectivity index (χ0n) is 11.2. The fourth-order valence-electron chi connectivity index (χ4n) is 3.78. The molecule has 1 aromatic rings. The van der Waals surface area contributed by atoms with Gasteiger partial charge in [0.2, 0.25) is 0 Å². The molecule has 3 rings (SSSR count). The Kier molecular flexibility index (Phi) is 3.61. The Morgan fingerprint density at radius 2 is 2.26 bits per heavy atom. The van der Waals surface area contributed by atoms with Crippen LogP contribution in [0, 0.1) is 17.8 Å². The molecular weight excluding hydrogens is 304 g/mol. The molecule has 102 valence electrons. The van der Waals surface area contributed by atoms with Crippen LogP contribution in [0.3, 0.4) is 0 Å². The molecule has 2 saturated carbocycles. The van der Waals surface area contributed by atoms with Crippen molar-refractivity contribution in [3.05, 3.63) is 28.5 Å². The maximum absolute atomic E-state index is 12.4. The summed E-state index contributed by atoms with van der Waals surface area (Å²) in [5.41, 5.74) is 0.667. The summed E-state index contributed by atoms with van der Waals surface area (Å²) in [5.74, 6) is 2.59. The fraction of sp³-hybridized carbons (Fsp3) is 0.600. The SMILES string of the molecule is CN(CC1CC2CCC1C2)C(=O)c1cncc(Br)c1. The zero-order chi connectivity index (χ0) is 13.4. The maximum atomic E-state index is 12.4. The normalized spacial score (nSPS) is 28.6. The Morgan fingerprint density at radius 1 is 1.42 bits per heavy atom. The van der Waals surface area contributed by atoms with Crippen molar-refractivity contribution in [3.8, 4) is 0 Å². The van der Waals surface area contributed by atoms with Crippen molar-refractivity contribution in [2.75, 3.05) is 13.6 Å². The lowest BCUT2D eigenvalue weighted by atomic mass is 9.88. The number of halogens is 1. The number of aromatic nitrogens is 1. The van der Waals surface area contributed by atoms with E-state index in [-0.39, 0.29) is 5.91 Å². The Bertz CT molecular complexity index is 491. The monoisotopic (exact) mass is 322 g/mol. The lowest BCUT2D eigenvalue weighted by Gasteiger charge is -2.27. The largest absolute Gasteiger partial charge is 0.341 e. The molecule has 0 saturated heterocycles. The third-order valence-corrected chi connectivity index (χ3v) is 5.13. The molecule has 0 radical (unpaired) electrons. The molecule has 3 nitrogen and oxygen atoms in total. The average Bonchev–Trinajstić information content (AvgIpc) is 3.00. The number of pyridine rings is 1. The van der Waals surface area contributed by atoms with E-state index in [9.17, 15) is 4.79 Å². The first kappa shape index (κ1) is 13.1. The Balaban J connectivity index is 1.64. The van der Waals surface area contributed by atoms with Gasteiger partial charge in [0.05, 0.1) is 5.56 Å². The molecule has 19 heavy (non-hydrogen) atoms. The molecule has 2 aliphatic rings. The average molecular weight is 323 g/mol. The summed E-state index contributed by atoms with van der Waals surface area (Å²) >= 11 is 3.36. The van der Waals surface area contributed by atoms with Crippen LogP contribution in [-0.2, 0) is 0 Å². The highest BCUT2D eigenvalue weighted by Gasteiger charge is 2.40. The van der Waals surface area contributed by atoms with E-state index in [1.54, 1.807) is 12.4 Å². The predicted molar refractivity (Wildman–Crippen MR) is 77.8 cm³/mol. The first-order chi connectivity index (χ1) is 9.13. The number of fused-ring (bicyclic) bond motifs is 2. The van der Waals surface area contributed by atoms with E-state index in [1.165, 1.54) is 25.7 Å². The van der Waals surface area contributed by atoms with Crippen molar-refractivity contribution in [2.45, 2.75) is 25.7 Å². The molecule has 0 aliphatic heterocycles. The second kappa shape index (κ2) is 5.23. The van der Waals surface area contributed by atoms with Gasteiger partial charge in [0, 0.05) is 30.5 Å². The van der Waals surface area contributed by atoms with Gasteiger partial charge in [-0.15, -0.1) is 0 Å². The quantitative estimate of drug-likeness (QED) is 0.855. The molecule has 0 aromatic carbocycles. The minimum atomic E-state index is 0.0802. The summed E-state index contributed by atoms with van der Waals surface area (Å²) < 4.78 is 0.853. The molecule has 1 heterocycles. The molecule has 4 heteroatoms. The highest BCUT2D eigenvalue weighted by atomic mass is 79.9. The molecule has 1 amide bonds. The van der Waals surface area contributed by atoms with Crippen LogP contribution in [0.2, 0.25) is 0 Å². The molecule has 0 spiro atoms. The summed E-state index contributed by atoms with van der Waals surface area (Å²) in [6.07, 6.45) is 8.84.